The van der Waals surface area contributed by atoms with Crippen LogP contribution in [0.5, 0.6) is 0 Å². The van der Waals surface area contributed by atoms with E-state index in [1.165, 1.54) is 6.07 Å². The number of hydrogen-bond acceptors (Lipinski definition) is 4. The van der Waals surface area contributed by atoms with Crippen LogP contribution in [0.15, 0.2) is 47.4 Å². The highest BCUT2D eigenvalue weighted by Gasteiger charge is 2.34. The minimum Gasteiger partial charge on any atom is -0.325 e. The van der Waals surface area contributed by atoms with E-state index in [0.717, 1.165) is 23.9 Å². The fraction of sp³-hybridized carbons (Fsp3) is 0.167. The largest absolute Gasteiger partial charge is 0.416 e. The van der Waals surface area contributed by atoms with E-state index >= 15 is 0 Å². The molecule has 1 atom stereocenters. The molecule has 0 fully saturated rings. The average Bonchev–Trinajstić information content (AvgIpc) is 2.61. The number of fused-ring (bicyclic) bond motifs is 1. The molecule has 27 heavy (non-hydrogen) atoms. The zero-order valence-electron chi connectivity index (χ0n) is 13.6. The Morgan fingerprint density at radius 3 is 2.70 bits per heavy atom. The molecule has 3 rings (SSSR count). The van der Waals surface area contributed by atoms with E-state index in [2.05, 4.69) is 10.6 Å². The van der Waals surface area contributed by atoms with Crippen molar-refractivity contribution in [3.05, 3.63) is 53.6 Å². The van der Waals surface area contributed by atoms with Crippen LogP contribution in [-0.2, 0) is 15.8 Å². The number of benzene rings is 2. The fourth-order valence-corrected chi connectivity index (χ4v) is 3.61. The van der Waals surface area contributed by atoms with E-state index in [1.807, 2.05) is 6.07 Å². The molecule has 1 heterocycles. The van der Waals surface area contributed by atoms with Gasteiger partial charge in [-0.25, -0.2) is 0 Å². The Labute approximate surface area is 156 Å². The van der Waals surface area contributed by atoms with Gasteiger partial charge in [0.2, 0.25) is 11.8 Å². The fourth-order valence-electron chi connectivity index (χ4n) is 2.52. The van der Waals surface area contributed by atoms with E-state index in [0.29, 0.717) is 10.6 Å². The molecule has 2 aromatic rings. The number of hydrogen-bond donors (Lipinski definition) is 2. The number of anilines is 2. The molecular formula is C18H12F3N3O2S. The molecule has 9 heteroatoms. The lowest BCUT2D eigenvalue weighted by Crippen LogP contribution is -2.32. The summed E-state index contributed by atoms with van der Waals surface area (Å²) in [5.74, 6) is -1.02. The second-order valence-corrected chi connectivity index (χ2v) is 6.96. The summed E-state index contributed by atoms with van der Waals surface area (Å²) >= 11 is 1.03. The van der Waals surface area contributed by atoms with Gasteiger partial charge in [0.05, 0.1) is 27.8 Å². The van der Waals surface area contributed by atoms with Gasteiger partial charge in [-0.2, -0.15) is 18.4 Å². The normalized spacial score (nSPS) is 16.1. The van der Waals surface area contributed by atoms with Crippen molar-refractivity contribution < 1.29 is 22.8 Å². The van der Waals surface area contributed by atoms with Crippen molar-refractivity contribution in [3.8, 4) is 6.07 Å². The zero-order chi connectivity index (χ0) is 19.6. The lowest BCUT2D eigenvalue weighted by molar-refractivity contribution is -0.137. The summed E-state index contributed by atoms with van der Waals surface area (Å²) in [5, 5.41) is 13.2. The van der Waals surface area contributed by atoms with Crippen molar-refractivity contribution in [1.29, 1.82) is 5.26 Å². The number of carbonyl (C=O) groups excluding carboxylic acids is 2. The predicted octanol–water partition coefficient (Wildman–Crippen LogP) is 4.02. The maximum Gasteiger partial charge on any atom is 0.416 e. The third-order valence-electron chi connectivity index (χ3n) is 3.82. The van der Waals surface area contributed by atoms with Crippen LogP contribution in [0.2, 0.25) is 0 Å². The first-order valence-corrected chi connectivity index (χ1v) is 8.63. The Bertz CT molecular complexity index is 954. The van der Waals surface area contributed by atoms with Crippen LogP contribution in [0.1, 0.15) is 17.5 Å². The van der Waals surface area contributed by atoms with Crippen LogP contribution in [-0.4, -0.2) is 17.1 Å². The third kappa shape index (κ3) is 4.23. The number of rotatable bonds is 3. The highest BCUT2D eigenvalue weighted by molar-refractivity contribution is 8.01. The molecule has 0 aliphatic carbocycles. The molecule has 138 valence electrons. The zero-order valence-corrected chi connectivity index (χ0v) is 14.4. The number of halogens is 3. The standard InChI is InChI=1S/C18H12F3N3O2S/c19-18(20,21)11-5-6-14-13(7-11)24-17(26)15(27-14)8-16(25)23-12-4-2-1-3-10(12)9-22/h1-7,15H,8H2,(H,23,25)(H,24,26)/t15-/m1/s1. The lowest BCUT2D eigenvalue weighted by atomic mass is 10.1. The van der Waals surface area contributed by atoms with Crippen LogP contribution < -0.4 is 10.6 Å². The Morgan fingerprint density at radius 2 is 2.00 bits per heavy atom. The summed E-state index contributed by atoms with van der Waals surface area (Å²) in [5.41, 5.74) is -0.157. The number of thioether (sulfide) groups is 1. The molecule has 0 aromatic heterocycles. The molecule has 2 aromatic carbocycles. The molecule has 0 radical (unpaired) electrons. The maximum absolute atomic E-state index is 12.8. The number of nitrogens with one attached hydrogen (secondary N) is 2. The van der Waals surface area contributed by atoms with E-state index in [4.69, 9.17) is 5.26 Å². The van der Waals surface area contributed by atoms with Crippen molar-refractivity contribution >= 4 is 35.0 Å². The van der Waals surface area contributed by atoms with Gasteiger partial charge < -0.3 is 10.6 Å². The molecule has 2 amide bonds. The van der Waals surface area contributed by atoms with E-state index in [1.54, 1.807) is 24.3 Å². The van der Waals surface area contributed by atoms with Crippen molar-refractivity contribution in [2.45, 2.75) is 22.7 Å². The molecule has 0 bridgehead atoms. The van der Waals surface area contributed by atoms with Crippen molar-refractivity contribution in [2.24, 2.45) is 0 Å². The molecule has 5 nitrogen and oxygen atoms in total. The van der Waals surface area contributed by atoms with Crippen LogP contribution in [0.3, 0.4) is 0 Å². The Kier molecular flexibility index (Phi) is 5.10. The summed E-state index contributed by atoms with van der Waals surface area (Å²) in [6, 6.07) is 11.5. The molecular weight excluding hydrogens is 379 g/mol. The number of amides is 2. The van der Waals surface area contributed by atoms with E-state index in [-0.39, 0.29) is 17.7 Å². The topological polar surface area (TPSA) is 82.0 Å². The predicted molar refractivity (Wildman–Crippen MR) is 94.1 cm³/mol. The van der Waals surface area contributed by atoms with Gasteiger partial charge in [-0.15, -0.1) is 11.8 Å². The highest BCUT2D eigenvalue weighted by atomic mass is 32.2. The minimum atomic E-state index is -4.50. The number of nitrogens with zero attached hydrogens (tertiary/aromatic N) is 1. The van der Waals surface area contributed by atoms with Gasteiger partial charge in [0.1, 0.15) is 6.07 Å². The van der Waals surface area contributed by atoms with Gasteiger partial charge in [-0.05, 0) is 30.3 Å². The average molecular weight is 391 g/mol. The molecule has 0 saturated heterocycles. The molecule has 2 N–H and O–H groups in total. The number of para-hydroxylation sites is 1. The quantitative estimate of drug-likeness (QED) is 0.828. The Balaban J connectivity index is 1.71. The van der Waals surface area contributed by atoms with Crippen LogP contribution in [0.4, 0.5) is 24.5 Å². The van der Waals surface area contributed by atoms with Gasteiger partial charge in [0.15, 0.2) is 0 Å². The number of alkyl halides is 3. The van der Waals surface area contributed by atoms with Crippen molar-refractivity contribution in [1.82, 2.24) is 0 Å². The lowest BCUT2D eigenvalue weighted by Gasteiger charge is -2.24. The monoisotopic (exact) mass is 391 g/mol. The highest BCUT2D eigenvalue weighted by Crippen LogP contribution is 2.40. The summed E-state index contributed by atoms with van der Waals surface area (Å²) in [4.78, 5) is 24.9. The first-order valence-electron chi connectivity index (χ1n) is 7.75. The summed E-state index contributed by atoms with van der Waals surface area (Å²) in [7, 11) is 0. The first-order chi connectivity index (χ1) is 12.8. The molecule has 0 spiro atoms. The van der Waals surface area contributed by atoms with E-state index in [9.17, 15) is 22.8 Å². The SMILES string of the molecule is N#Cc1ccccc1NC(=O)C[C@H]1Sc2ccc(C(F)(F)F)cc2NC1=O. The number of nitriles is 1. The Morgan fingerprint density at radius 1 is 1.26 bits per heavy atom. The van der Waals surface area contributed by atoms with Gasteiger partial charge >= 0.3 is 6.18 Å². The van der Waals surface area contributed by atoms with Crippen LogP contribution >= 0.6 is 11.8 Å². The second-order valence-electron chi connectivity index (χ2n) is 5.71. The maximum atomic E-state index is 12.8. The van der Waals surface area contributed by atoms with E-state index < -0.39 is 28.8 Å². The first kappa shape index (κ1) is 18.8. The third-order valence-corrected chi connectivity index (χ3v) is 5.09. The minimum absolute atomic E-state index is 0.0753. The van der Waals surface area contributed by atoms with Crippen LogP contribution in [0.25, 0.3) is 0 Å². The van der Waals surface area contributed by atoms with Crippen LogP contribution in [0, 0.1) is 11.3 Å². The Hall–Kier alpha value is -2.99. The molecule has 0 saturated carbocycles. The van der Waals surface area contributed by atoms with Crippen molar-refractivity contribution in [2.75, 3.05) is 10.6 Å². The second kappa shape index (κ2) is 7.32. The molecule has 1 aliphatic heterocycles. The smallest absolute Gasteiger partial charge is 0.325 e. The van der Waals surface area contributed by atoms with Crippen molar-refractivity contribution in [3.63, 3.8) is 0 Å². The van der Waals surface area contributed by atoms with Gasteiger partial charge in [-0.1, -0.05) is 12.1 Å². The molecule has 0 unspecified atom stereocenters. The van der Waals surface area contributed by atoms with Gasteiger partial charge in [-0.3, -0.25) is 9.59 Å². The molecule has 1 aliphatic rings. The van der Waals surface area contributed by atoms with Gasteiger partial charge in [0, 0.05) is 11.3 Å². The number of carbonyl (C=O) groups is 2. The summed E-state index contributed by atoms with van der Waals surface area (Å²) < 4.78 is 38.3. The summed E-state index contributed by atoms with van der Waals surface area (Å²) in [6.07, 6.45) is -4.69. The summed E-state index contributed by atoms with van der Waals surface area (Å²) in [6.45, 7) is 0. The van der Waals surface area contributed by atoms with Gasteiger partial charge in [0.25, 0.3) is 0 Å².